The normalized spacial score (nSPS) is 13.4. The van der Waals surface area contributed by atoms with Gasteiger partial charge in [-0.3, -0.25) is 4.79 Å². The molecule has 0 radical (unpaired) electrons. The van der Waals surface area contributed by atoms with Gasteiger partial charge in [-0.05, 0) is 48.7 Å². The summed E-state index contributed by atoms with van der Waals surface area (Å²) in [7, 11) is 0. The first-order valence-electron chi connectivity index (χ1n) is 10.9. The van der Waals surface area contributed by atoms with Crippen LogP contribution in [0.5, 0.6) is 0 Å². The van der Waals surface area contributed by atoms with Gasteiger partial charge >= 0.3 is 12.2 Å². The van der Waals surface area contributed by atoms with Gasteiger partial charge in [0.2, 0.25) is 11.7 Å². The Bertz CT molecular complexity index is 1200. The van der Waals surface area contributed by atoms with Crippen LogP contribution >= 0.6 is 11.6 Å². The Balaban J connectivity index is 1.95. The molecule has 194 valence electrons. The number of benzene rings is 2. The molecule has 0 aliphatic heterocycles. The number of carbonyl (C=O) groups excluding carboxylic acids is 1. The van der Waals surface area contributed by atoms with E-state index in [9.17, 15) is 22.4 Å². The number of aryl methyl sites for hydroxylation is 1. The van der Waals surface area contributed by atoms with E-state index in [1.165, 1.54) is 17.0 Å². The van der Waals surface area contributed by atoms with Gasteiger partial charge < -0.3 is 26.2 Å². The van der Waals surface area contributed by atoms with E-state index >= 15 is 0 Å². The summed E-state index contributed by atoms with van der Waals surface area (Å²) in [5.41, 5.74) is 12.5. The number of rotatable bonds is 9. The van der Waals surface area contributed by atoms with Gasteiger partial charge in [-0.25, -0.2) is 4.39 Å². The lowest BCUT2D eigenvalue weighted by molar-refractivity contribution is -0.144. The van der Waals surface area contributed by atoms with E-state index in [0.717, 1.165) is 5.56 Å². The van der Waals surface area contributed by atoms with Crippen molar-refractivity contribution in [3.63, 3.8) is 0 Å². The minimum Gasteiger partial charge on any atom is -0.336 e. The van der Waals surface area contributed by atoms with E-state index < -0.39 is 30.6 Å². The third-order valence-electron chi connectivity index (χ3n) is 5.41. The van der Waals surface area contributed by atoms with Crippen molar-refractivity contribution < 1.29 is 26.9 Å². The zero-order chi connectivity index (χ0) is 26.6. The summed E-state index contributed by atoms with van der Waals surface area (Å²) in [4.78, 5) is 18.5. The molecule has 13 heteroatoms. The van der Waals surface area contributed by atoms with Crippen LogP contribution in [-0.4, -0.2) is 40.9 Å². The second-order valence-corrected chi connectivity index (χ2v) is 8.57. The number of nitrogens with one attached hydrogen (secondary N) is 1. The molecule has 0 aliphatic carbocycles. The minimum absolute atomic E-state index is 0.119. The van der Waals surface area contributed by atoms with Gasteiger partial charge in [-0.1, -0.05) is 35.8 Å². The molecule has 0 aliphatic rings. The number of aromatic nitrogens is 2. The molecule has 1 amide bonds. The van der Waals surface area contributed by atoms with Crippen molar-refractivity contribution in [1.82, 2.24) is 10.1 Å². The lowest BCUT2D eigenvalue weighted by atomic mass is 10.0. The van der Waals surface area contributed by atoms with Crippen molar-refractivity contribution in [1.29, 1.82) is 0 Å². The van der Waals surface area contributed by atoms with Gasteiger partial charge in [0.05, 0.1) is 18.2 Å². The standard InChI is InChI=1S/C23H25ClF4N6O2/c1-3-17(29)21(35)34(11-13-4-6-14(24)7-5-13)18-9-15(16(25)8-12(18)2)20-32-22(36-33-20)31-10-19(30)23(26,27)28/h4-9,17,19H,3,10-11,29-30H2,1-2H3,(H,31,32,33)/t17-,19?/m0/s1. The first kappa shape index (κ1) is 27.4. The average Bonchev–Trinajstić information content (AvgIpc) is 3.29. The summed E-state index contributed by atoms with van der Waals surface area (Å²) in [6.45, 7) is 2.81. The Morgan fingerprint density at radius 2 is 1.89 bits per heavy atom. The fourth-order valence-corrected chi connectivity index (χ4v) is 3.40. The van der Waals surface area contributed by atoms with Crippen LogP contribution in [0.4, 0.5) is 29.3 Å². The SMILES string of the molecule is CC[C@H](N)C(=O)N(Cc1ccc(Cl)cc1)c1cc(-c2noc(NCC(N)C(F)(F)F)n2)c(F)cc1C. The number of nitrogens with two attached hydrogens (primary N) is 2. The van der Waals surface area contributed by atoms with Crippen LogP contribution in [0.1, 0.15) is 24.5 Å². The first-order chi connectivity index (χ1) is 16.9. The summed E-state index contributed by atoms with van der Waals surface area (Å²) in [5.74, 6) is -1.32. The molecule has 5 N–H and O–H groups in total. The zero-order valence-corrected chi connectivity index (χ0v) is 20.2. The van der Waals surface area contributed by atoms with Crippen molar-refractivity contribution in [3.8, 4) is 11.4 Å². The predicted octanol–water partition coefficient (Wildman–Crippen LogP) is 4.41. The van der Waals surface area contributed by atoms with Crippen LogP contribution in [0, 0.1) is 12.7 Å². The highest BCUT2D eigenvalue weighted by Crippen LogP contribution is 2.32. The van der Waals surface area contributed by atoms with Gasteiger partial charge in [0.1, 0.15) is 11.9 Å². The number of anilines is 2. The van der Waals surface area contributed by atoms with Crippen LogP contribution in [-0.2, 0) is 11.3 Å². The molecule has 3 aromatic rings. The van der Waals surface area contributed by atoms with E-state index in [0.29, 0.717) is 22.7 Å². The molecule has 1 unspecified atom stereocenters. The molecule has 0 fully saturated rings. The fraction of sp³-hybridized carbons (Fsp3) is 0.348. The summed E-state index contributed by atoms with van der Waals surface area (Å²) in [6, 6.07) is 6.11. The molecule has 3 rings (SSSR count). The molecule has 2 aromatic carbocycles. The highest BCUT2D eigenvalue weighted by molar-refractivity contribution is 6.30. The second-order valence-electron chi connectivity index (χ2n) is 8.14. The maximum Gasteiger partial charge on any atom is 0.405 e. The molecule has 2 atom stereocenters. The van der Waals surface area contributed by atoms with Crippen LogP contribution in [0.25, 0.3) is 11.4 Å². The van der Waals surface area contributed by atoms with Gasteiger partial charge in [-0.15, -0.1) is 0 Å². The molecule has 0 saturated carbocycles. The number of hydrogen-bond acceptors (Lipinski definition) is 7. The van der Waals surface area contributed by atoms with Crippen molar-refractivity contribution in [3.05, 3.63) is 58.4 Å². The van der Waals surface area contributed by atoms with Crippen LogP contribution < -0.4 is 21.7 Å². The molecule has 0 saturated heterocycles. The summed E-state index contributed by atoms with van der Waals surface area (Å²) >= 11 is 5.96. The van der Waals surface area contributed by atoms with E-state index in [1.807, 2.05) is 0 Å². The van der Waals surface area contributed by atoms with Gasteiger partial charge in [-0.2, -0.15) is 18.2 Å². The second kappa shape index (κ2) is 11.2. The van der Waals surface area contributed by atoms with Crippen molar-refractivity contribution >= 4 is 29.2 Å². The monoisotopic (exact) mass is 528 g/mol. The lowest BCUT2D eigenvalue weighted by Crippen LogP contribution is -2.43. The number of nitrogens with zero attached hydrogens (tertiary/aromatic N) is 3. The Morgan fingerprint density at radius 3 is 2.50 bits per heavy atom. The number of halogens is 5. The molecule has 1 heterocycles. The number of hydrogen-bond donors (Lipinski definition) is 3. The van der Waals surface area contributed by atoms with E-state index in [-0.39, 0.29) is 29.9 Å². The molecule has 8 nitrogen and oxygen atoms in total. The number of carbonyl (C=O) groups is 1. The smallest absolute Gasteiger partial charge is 0.336 e. The predicted molar refractivity (Wildman–Crippen MR) is 128 cm³/mol. The van der Waals surface area contributed by atoms with Gasteiger partial charge in [0.25, 0.3) is 0 Å². The highest BCUT2D eigenvalue weighted by Gasteiger charge is 2.36. The molecular formula is C23H25ClF4N6O2. The molecular weight excluding hydrogens is 504 g/mol. The Hall–Kier alpha value is -3.22. The Morgan fingerprint density at radius 1 is 1.22 bits per heavy atom. The average molecular weight is 529 g/mol. The number of alkyl halides is 3. The lowest BCUT2D eigenvalue weighted by Gasteiger charge is -2.27. The summed E-state index contributed by atoms with van der Waals surface area (Å²) < 4.78 is 57.7. The van der Waals surface area contributed by atoms with Crippen LogP contribution in [0.3, 0.4) is 0 Å². The van der Waals surface area contributed by atoms with Gasteiger partial charge in [0.15, 0.2) is 0 Å². The van der Waals surface area contributed by atoms with Crippen molar-refractivity contribution in [2.45, 2.75) is 45.1 Å². The third kappa shape index (κ3) is 6.50. The van der Waals surface area contributed by atoms with E-state index in [1.54, 1.807) is 38.1 Å². The van der Waals surface area contributed by atoms with Crippen LogP contribution in [0.15, 0.2) is 40.9 Å². The first-order valence-corrected chi connectivity index (χ1v) is 11.3. The topological polar surface area (TPSA) is 123 Å². The van der Waals surface area contributed by atoms with E-state index in [2.05, 4.69) is 15.5 Å². The molecule has 0 spiro atoms. The van der Waals surface area contributed by atoms with Crippen LogP contribution in [0.2, 0.25) is 5.02 Å². The molecule has 36 heavy (non-hydrogen) atoms. The maximum absolute atomic E-state index is 14.9. The van der Waals surface area contributed by atoms with E-state index in [4.69, 9.17) is 27.6 Å². The van der Waals surface area contributed by atoms with Crippen molar-refractivity contribution in [2.24, 2.45) is 11.5 Å². The minimum atomic E-state index is -4.62. The quantitative estimate of drug-likeness (QED) is 0.351. The Labute approximate surface area is 209 Å². The number of amides is 1. The summed E-state index contributed by atoms with van der Waals surface area (Å²) in [5, 5.41) is 6.47. The van der Waals surface area contributed by atoms with Gasteiger partial charge in [0, 0.05) is 17.3 Å². The maximum atomic E-state index is 14.9. The molecule has 1 aromatic heterocycles. The largest absolute Gasteiger partial charge is 0.405 e. The highest BCUT2D eigenvalue weighted by atomic mass is 35.5. The zero-order valence-electron chi connectivity index (χ0n) is 19.4. The summed E-state index contributed by atoms with van der Waals surface area (Å²) in [6.07, 6.45) is -4.24. The molecule has 0 bridgehead atoms. The fourth-order valence-electron chi connectivity index (χ4n) is 3.27. The Kier molecular flexibility index (Phi) is 8.54. The van der Waals surface area contributed by atoms with Crippen molar-refractivity contribution in [2.75, 3.05) is 16.8 Å². The third-order valence-corrected chi connectivity index (χ3v) is 5.67.